The molecule has 0 unspecified atom stereocenters. The van der Waals surface area contributed by atoms with Gasteiger partial charge in [-0.15, -0.1) is 0 Å². The Morgan fingerprint density at radius 2 is 1.85 bits per heavy atom. The third kappa shape index (κ3) is 4.06. The molecule has 0 saturated heterocycles. The van der Waals surface area contributed by atoms with E-state index < -0.39 is 38.1 Å². The van der Waals surface area contributed by atoms with Crippen molar-refractivity contribution in [2.75, 3.05) is 4.72 Å². The maximum Gasteiger partial charge on any atom is 0.266 e. The molecule has 0 fully saturated rings. The summed E-state index contributed by atoms with van der Waals surface area (Å²) in [5.41, 5.74) is 0. The van der Waals surface area contributed by atoms with Crippen molar-refractivity contribution in [2.24, 2.45) is 0 Å². The molecule has 0 aliphatic rings. The fraction of sp³-hybridized carbons (Fsp3) is 0. The first-order chi connectivity index (χ1) is 12.2. The number of anilines is 1. The number of aromatic nitrogens is 2. The second kappa shape index (κ2) is 7.09. The maximum absolute atomic E-state index is 14.2. The van der Waals surface area contributed by atoms with Crippen LogP contribution in [0.25, 0.3) is 0 Å². The topological polar surface area (TPSA) is 81.2 Å². The zero-order chi connectivity index (χ0) is 18.9. The summed E-state index contributed by atoms with van der Waals surface area (Å²) in [5.74, 6) is -4.02. The summed E-state index contributed by atoms with van der Waals surface area (Å²) in [5, 5.41) is -0.124. The quantitative estimate of drug-likeness (QED) is 0.667. The number of benzene rings is 2. The Morgan fingerprint density at radius 3 is 2.50 bits per heavy atom. The molecule has 0 spiro atoms. The molecule has 1 heterocycles. The van der Waals surface area contributed by atoms with E-state index in [0.29, 0.717) is 12.1 Å². The summed E-state index contributed by atoms with van der Waals surface area (Å²) >= 11 is 6.38. The van der Waals surface area contributed by atoms with E-state index in [1.54, 1.807) is 0 Å². The monoisotopic (exact) mass is 421 g/mol. The van der Waals surface area contributed by atoms with Crippen LogP contribution in [0, 0.1) is 17.5 Å². The van der Waals surface area contributed by atoms with Crippen molar-refractivity contribution in [2.45, 2.75) is 4.90 Å². The smallest absolute Gasteiger partial charge is 0.266 e. The van der Waals surface area contributed by atoms with Crippen LogP contribution in [0.5, 0.6) is 11.5 Å². The van der Waals surface area contributed by atoms with Gasteiger partial charge in [0.25, 0.3) is 10.0 Å². The van der Waals surface area contributed by atoms with E-state index in [-0.39, 0.29) is 15.9 Å². The van der Waals surface area contributed by atoms with Crippen LogP contribution in [0.2, 0.25) is 5.02 Å². The third-order valence-electron chi connectivity index (χ3n) is 2.92. The predicted molar refractivity (Wildman–Crippen MR) is 88.6 cm³/mol. The lowest BCUT2D eigenvalue weighted by Crippen LogP contribution is -2.15. The Balaban J connectivity index is 1.93. The number of sulfonamides is 1. The zero-order valence-corrected chi connectivity index (χ0v) is 14.8. The van der Waals surface area contributed by atoms with Gasteiger partial charge >= 0.3 is 0 Å². The van der Waals surface area contributed by atoms with Crippen molar-refractivity contribution >= 4 is 38.3 Å². The average molecular weight is 422 g/mol. The number of nitrogens with zero attached hydrogens (tertiary/aromatic N) is 2. The van der Waals surface area contributed by atoms with E-state index >= 15 is 0 Å². The van der Waals surface area contributed by atoms with Gasteiger partial charge in [-0.2, -0.15) is 4.37 Å². The van der Waals surface area contributed by atoms with Crippen molar-refractivity contribution in [1.82, 2.24) is 9.36 Å². The van der Waals surface area contributed by atoms with Gasteiger partial charge < -0.3 is 4.74 Å². The summed E-state index contributed by atoms with van der Waals surface area (Å²) in [4.78, 5) is 2.65. The number of ether oxygens (including phenoxy) is 1. The average Bonchev–Trinajstić information content (AvgIpc) is 3.01. The van der Waals surface area contributed by atoms with E-state index in [2.05, 4.69) is 9.36 Å². The summed E-state index contributed by atoms with van der Waals surface area (Å²) in [6, 6.07) is 4.06. The molecular weight excluding hydrogens is 415 g/mol. The molecule has 0 bridgehead atoms. The first-order valence-electron chi connectivity index (χ1n) is 6.67. The van der Waals surface area contributed by atoms with Gasteiger partial charge in [0.1, 0.15) is 28.6 Å². The molecule has 0 amide bonds. The van der Waals surface area contributed by atoms with Gasteiger partial charge in [-0.1, -0.05) is 11.6 Å². The highest BCUT2D eigenvalue weighted by atomic mass is 35.5. The number of nitrogens with one attached hydrogen (secondary N) is 1. The SMILES string of the molecule is O=S(=O)(Nc1ncns1)c1cc(F)c(Oc2cc(F)cc(Cl)c2)cc1F. The Labute approximate surface area is 154 Å². The van der Waals surface area contributed by atoms with Crippen molar-refractivity contribution in [3.63, 3.8) is 0 Å². The summed E-state index contributed by atoms with van der Waals surface area (Å²) in [6.45, 7) is 0. The minimum atomic E-state index is -4.43. The van der Waals surface area contributed by atoms with Crippen LogP contribution >= 0.6 is 23.1 Å². The lowest BCUT2D eigenvalue weighted by atomic mass is 10.3. The van der Waals surface area contributed by atoms with Crippen LogP contribution in [-0.4, -0.2) is 17.8 Å². The predicted octanol–water partition coefficient (Wildman–Crippen LogP) is 4.20. The summed E-state index contributed by atoms with van der Waals surface area (Å²) < 4.78 is 76.6. The molecule has 136 valence electrons. The molecule has 3 aromatic rings. The maximum atomic E-state index is 14.2. The van der Waals surface area contributed by atoms with Crippen molar-refractivity contribution in [1.29, 1.82) is 0 Å². The molecule has 0 aliphatic carbocycles. The number of hydrogen-bond donors (Lipinski definition) is 1. The highest BCUT2D eigenvalue weighted by molar-refractivity contribution is 7.93. The summed E-state index contributed by atoms with van der Waals surface area (Å²) in [7, 11) is -4.43. The standard InChI is InChI=1S/C14H7ClF3N3O3S2/c15-7-1-8(16)3-9(2-7)24-12-4-11(18)13(5-10(12)17)26(22,23)21-14-19-6-20-25-14/h1-6H,(H,19,20,21). The highest BCUT2D eigenvalue weighted by Gasteiger charge is 2.24. The molecule has 6 nitrogen and oxygen atoms in total. The van der Waals surface area contributed by atoms with Crippen LogP contribution in [0.3, 0.4) is 0 Å². The van der Waals surface area contributed by atoms with Gasteiger partial charge in [0.15, 0.2) is 11.6 Å². The highest BCUT2D eigenvalue weighted by Crippen LogP contribution is 2.31. The minimum Gasteiger partial charge on any atom is -0.454 e. The molecule has 1 aromatic heterocycles. The van der Waals surface area contributed by atoms with Gasteiger partial charge in [0.05, 0.1) is 0 Å². The van der Waals surface area contributed by atoms with Crippen LogP contribution in [0.15, 0.2) is 41.6 Å². The van der Waals surface area contributed by atoms with Gasteiger partial charge in [-0.05, 0) is 12.1 Å². The second-order valence-electron chi connectivity index (χ2n) is 4.77. The van der Waals surface area contributed by atoms with E-state index in [4.69, 9.17) is 16.3 Å². The molecule has 12 heteroatoms. The Morgan fingerprint density at radius 1 is 1.08 bits per heavy atom. The molecule has 0 saturated carbocycles. The van der Waals surface area contributed by atoms with E-state index in [9.17, 15) is 21.6 Å². The van der Waals surface area contributed by atoms with Crippen LogP contribution in [-0.2, 0) is 10.0 Å². The Hall–Kier alpha value is -2.37. The first kappa shape index (κ1) is 18.4. The summed E-state index contributed by atoms with van der Waals surface area (Å²) in [6.07, 6.45) is 1.10. The second-order valence-corrected chi connectivity index (χ2v) is 7.64. The molecule has 3 rings (SSSR count). The lowest BCUT2D eigenvalue weighted by Gasteiger charge is -2.11. The Bertz CT molecular complexity index is 1040. The number of hydrogen-bond acceptors (Lipinski definition) is 6. The van der Waals surface area contributed by atoms with Gasteiger partial charge in [0.2, 0.25) is 5.13 Å². The van der Waals surface area contributed by atoms with Gasteiger partial charge in [-0.25, -0.2) is 26.6 Å². The van der Waals surface area contributed by atoms with E-state index in [1.165, 1.54) is 6.07 Å². The fourth-order valence-corrected chi connectivity index (χ4v) is 3.84. The van der Waals surface area contributed by atoms with Crippen LogP contribution in [0.4, 0.5) is 18.3 Å². The molecule has 2 aromatic carbocycles. The van der Waals surface area contributed by atoms with Gasteiger partial charge in [0, 0.05) is 34.8 Å². The number of halogens is 4. The lowest BCUT2D eigenvalue weighted by molar-refractivity contribution is 0.429. The zero-order valence-electron chi connectivity index (χ0n) is 12.4. The fourth-order valence-electron chi connectivity index (χ4n) is 1.90. The first-order valence-corrected chi connectivity index (χ1v) is 9.30. The number of rotatable bonds is 5. The van der Waals surface area contributed by atoms with Crippen LogP contribution in [0.1, 0.15) is 0 Å². The molecule has 0 aliphatic heterocycles. The van der Waals surface area contributed by atoms with Crippen molar-refractivity contribution in [3.8, 4) is 11.5 Å². The van der Waals surface area contributed by atoms with Crippen molar-refractivity contribution in [3.05, 3.63) is 59.1 Å². The largest absolute Gasteiger partial charge is 0.454 e. The van der Waals surface area contributed by atoms with Crippen LogP contribution < -0.4 is 9.46 Å². The van der Waals surface area contributed by atoms with Crippen molar-refractivity contribution < 1.29 is 26.3 Å². The molecule has 26 heavy (non-hydrogen) atoms. The van der Waals surface area contributed by atoms with E-state index in [1.807, 2.05) is 4.72 Å². The van der Waals surface area contributed by atoms with Gasteiger partial charge in [-0.3, -0.25) is 4.72 Å². The third-order valence-corrected chi connectivity index (χ3v) is 5.20. The molecule has 1 N–H and O–H groups in total. The van der Waals surface area contributed by atoms with E-state index in [0.717, 1.165) is 30.0 Å². The normalized spacial score (nSPS) is 11.4. The minimum absolute atomic E-state index is 0.0127. The molecule has 0 atom stereocenters. The molecule has 0 radical (unpaired) electrons. The molecular formula is C14H7ClF3N3O3S2. The Kier molecular flexibility index (Phi) is 5.03.